The molecule has 1 aromatic rings. The Labute approximate surface area is 140 Å². The highest BCUT2D eigenvalue weighted by atomic mass is 79.9. The van der Waals surface area contributed by atoms with Crippen molar-refractivity contribution in [2.45, 2.75) is 25.9 Å². The number of halogens is 4. The molecule has 1 aromatic carbocycles. The zero-order chi connectivity index (χ0) is 17.2. The van der Waals surface area contributed by atoms with Gasteiger partial charge in [-0.3, -0.25) is 9.59 Å². The second-order valence-electron chi connectivity index (χ2n) is 5.49. The molecule has 2 amide bonds. The Bertz CT molecular complexity index is 619. The lowest BCUT2D eigenvalue weighted by Crippen LogP contribution is -2.42. The summed E-state index contributed by atoms with van der Waals surface area (Å²) >= 11 is 2.86. The molecule has 0 bridgehead atoms. The maximum absolute atomic E-state index is 12.9. The van der Waals surface area contributed by atoms with Crippen LogP contribution < -0.4 is 5.32 Å². The summed E-state index contributed by atoms with van der Waals surface area (Å²) in [6, 6.07) is 3.55. The normalized spacial score (nSPS) is 18.7. The molecule has 4 nitrogen and oxygen atoms in total. The molecule has 0 spiro atoms. The van der Waals surface area contributed by atoms with E-state index >= 15 is 0 Å². The van der Waals surface area contributed by atoms with Gasteiger partial charge in [-0.25, -0.2) is 0 Å². The van der Waals surface area contributed by atoms with E-state index < -0.39 is 17.7 Å². The maximum Gasteiger partial charge on any atom is 0.417 e. The van der Waals surface area contributed by atoms with Gasteiger partial charge >= 0.3 is 6.18 Å². The van der Waals surface area contributed by atoms with Crippen LogP contribution in [0, 0.1) is 5.92 Å². The van der Waals surface area contributed by atoms with E-state index in [1.807, 2.05) is 0 Å². The minimum absolute atomic E-state index is 0.0802. The molecule has 1 aliphatic heterocycles. The van der Waals surface area contributed by atoms with Crippen molar-refractivity contribution in [1.82, 2.24) is 4.90 Å². The smallest absolute Gasteiger partial charge is 0.342 e. The largest absolute Gasteiger partial charge is 0.417 e. The summed E-state index contributed by atoms with van der Waals surface area (Å²) in [5.41, 5.74) is -0.755. The van der Waals surface area contributed by atoms with Crippen LogP contribution in [-0.4, -0.2) is 29.8 Å². The standard InChI is InChI=1S/C15H16BrF3N2O2/c1-9(22)21-6-2-3-10(8-21)14(23)20-11-4-5-13(16)12(7-11)15(17,18)19/h4-5,7,10H,2-3,6,8H2,1H3,(H,20,23)/t10-/m0/s1. The monoisotopic (exact) mass is 392 g/mol. The van der Waals surface area contributed by atoms with Gasteiger partial charge in [0.15, 0.2) is 0 Å². The molecule has 1 fully saturated rings. The Balaban J connectivity index is 2.10. The SMILES string of the molecule is CC(=O)N1CCC[C@H](C(=O)Nc2ccc(Br)c(C(F)(F)F)c2)C1. The number of likely N-dealkylation sites (tertiary alicyclic amines) is 1. The number of alkyl halides is 3. The highest BCUT2D eigenvalue weighted by molar-refractivity contribution is 9.10. The first-order chi connectivity index (χ1) is 10.7. The Kier molecular flexibility index (Phi) is 5.33. The van der Waals surface area contributed by atoms with Gasteiger partial charge in [0.05, 0.1) is 11.5 Å². The molecule has 23 heavy (non-hydrogen) atoms. The lowest BCUT2D eigenvalue weighted by atomic mass is 9.97. The van der Waals surface area contributed by atoms with Crippen LogP contribution in [0.5, 0.6) is 0 Å². The number of nitrogens with one attached hydrogen (secondary N) is 1. The van der Waals surface area contributed by atoms with Gasteiger partial charge in [-0.2, -0.15) is 13.2 Å². The molecule has 1 aliphatic rings. The third-order valence-corrected chi connectivity index (χ3v) is 4.47. The van der Waals surface area contributed by atoms with Crippen LogP contribution in [0.25, 0.3) is 0 Å². The third-order valence-electron chi connectivity index (χ3n) is 3.78. The summed E-state index contributed by atoms with van der Waals surface area (Å²) in [6.45, 7) is 2.34. The fraction of sp³-hybridized carbons (Fsp3) is 0.467. The summed E-state index contributed by atoms with van der Waals surface area (Å²) in [4.78, 5) is 25.2. The molecule has 1 heterocycles. The Morgan fingerprint density at radius 3 is 2.65 bits per heavy atom. The van der Waals surface area contributed by atoms with E-state index in [1.54, 1.807) is 4.90 Å². The van der Waals surface area contributed by atoms with Crippen LogP contribution in [0.3, 0.4) is 0 Å². The van der Waals surface area contributed by atoms with Crippen molar-refractivity contribution >= 4 is 33.4 Å². The van der Waals surface area contributed by atoms with Crippen LogP contribution in [-0.2, 0) is 15.8 Å². The van der Waals surface area contributed by atoms with Crippen molar-refractivity contribution in [3.63, 3.8) is 0 Å². The molecule has 1 atom stereocenters. The second kappa shape index (κ2) is 6.90. The van der Waals surface area contributed by atoms with Crippen molar-refractivity contribution in [2.75, 3.05) is 18.4 Å². The van der Waals surface area contributed by atoms with Crippen molar-refractivity contribution in [3.05, 3.63) is 28.2 Å². The highest BCUT2D eigenvalue weighted by Gasteiger charge is 2.33. The Morgan fingerprint density at radius 1 is 1.35 bits per heavy atom. The van der Waals surface area contributed by atoms with E-state index in [9.17, 15) is 22.8 Å². The molecule has 0 unspecified atom stereocenters. The van der Waals surface area contributed by atoms with Gasteiger partial charge in [-0.05, 0) is 31.0 Å². The first kappa shape index (κ1) is 17.8. The zero-order valence-corrected chi connectivity index (χ0v) is 14.0. The first-order valence-electron chi connectivity index (χ1n) is 7.11. The van der Waals surface area contributed by atoms with E-state index in [4.69, 9.17) is 0 Å². The van der Waals surface area contributed by atoms with Crippen LogP contribution in [0.1, 0.15) is 25.3 Å². The molecule has 2 rings (SSSR count). The van der Waals surface area contributed by atoms with Crippen molar-refractivity contribution in [3.8, 4) is 0 Å². The van der Waals surface area contributed by atoms with E-state index in [-0.39, 0.29) is 22.0 Å². The number of piperidine rings is 1. The number of hydrogen-bond acceptors (Lipinski definition) is 2. The molecular formula is C15H16BrF3N2O2. The molecule has 0 aromatic heterocycles. The van der Waals surface area contributed by atoms with Crippen LogP contribution >= 0.6 is 15.9 Å². The number of carbonyl (C=O) groups excluding carboxylic acids is 2. The summed E-state index contributed by atoms with van der Waals surface area (Å²) in [5, 5.41) is 2.51. The van der Waals surface area contributed by atoms with E-state index in [1.165, 1.54) is 19.1 Å². The zero-order valence-electron chi connectivity index (χ0n) is 12.4. The van der Waals surface area contributed by atoms with Gasteiger partial charge in [-0.15, -0.1) is 0 Å². The van der Waals surface area contributed by atoms with E-state index in [0.717, 1.165) is 6.07 Å². The average Bonchev–Trinajstić information content (AvgIpc) is 2.48. The van der Waals surface area contributed by atoms with E-state index in [0.29, 0.717) is 25.9 Å². The average molecular weight is 393 g/mol. The lowest BCUT2D eigenvalue weighted by molar-refractivity contribution is -0.138. The number of benzene rings is 1. The Morgan fingerprint density at radius 2 is 2.04 bits per heavy atom. The number of carbonyl (C=O) groups is 2. The molecular weight excluding hydrogens is 377 g/mol. The molecule has 126 valence electrons. The fourth-order valence-electron chi connectivity index (χ4n) is 2.54. The predicted molar refractivity (Wildman–Crippen MR) is 82.8 cm³/mol. The minimum Gasteiger partial charge on any atom is -0.342 e. The maximum atomic E-state index is 12.9. The quantitative estimate of drug-likeness (QED) is 0.834. The minimum atomic E-state index is -4.50. The van der Waals surface area contributed by atoms with Gasteiger partial charge in [0.2, 0.25) is 11.8 Å². The second-order valence-corrected chi connectivity index (χ2v) is 6.34. The lowest BCUT2D eigenvalue weighted by Gasteiger charge is -2.31. The summed E-state index contributed by atoms with van der Waals surface area (Å²) in [6.07, 6.45) is -3.19. The van der Waals surface area contributed by atoms with Crippen molar-refractivity contribution in [2.24, 2.45) is 5.92 Å². The van der Waals surface area contributed by atoms with Crippen molar-refractivity contribution in [1.29, 1.82) is 0 Å². The Hall–Kier alpha value is -1.57. The topological polar surface area (TPSA) is 49.4 Å². The number of anilines is 1. The highest BCUT2D eigenvalue weighted by Crippen LogP contribution is 2.36. The van der Waals surface area contributed by atoms with Crippen molar-refractivity contribution < 1.29 is 22.8 Å². The fourth-order valence-corrected chi connectivity index (χ4v) is 3.01. The van der Waals surface area contributed by atoms with Gasteiger partial charge in [0.1, 0.15) is 0 Å². The first-order valence-corrected chi connectivity index (χ1v) is 7.91. The molecule has 0 radical (unpaired) electrons. The summed E-state index contributed by atoms with van der Waals surface area (Å²) < 4.78 is 38.5. The van der Waals surface area contributed by atoms with Gasteiger partial charge in [0, 0.05) is 30.2 Å². The third kappa shape index (κ3) is 4.46. The van der Waals surface area contributed by atoms with Gasteiger partial charge in [0.25, 0.3) is 0 Å². The molecule has 1 saturated heterocycles. The van der Waals surface area contributed by atoms with Crippen LogP contribution in [0.15, 0.2) is 22.7 Å². The predicted octanol–water partition coefficient (Wildman–Crippen LogP) is 3.66. The van der Waals surface area contributed by atoms with Crippen LogP contribution in [0.4, 0.5) is 18.9 Å². The summed E-state index contributed by atoms with van der Waals surface area (Å²) in [5.74, 6) is -0.887. The number of rotatable bonds is 2. The van der Waals surface area contributed by atoms with Gasteiger partial charge < -0.3 is 10.2 Å². The number of hydrogen-bond donors (Lipinski definition) is 1. The molecule has 0 saturated carbocycles. The van der Waals surface area contributed by atoms with Gasteiger partial charge in [-0.1, -0.05) is 15.9 Å². The molecule has 1 N–H and O–H groups in total. The number of nitrogens with zero attached hydrogens (tertiary/aromatic N) is 1. The summed E-state index contributed by atoms with van der Waals surface area (Å²) in [7, 11) is 0. The molecule has 0 aliphatic carbocycles. The number of amides is 2. The van der Waals surface area contributed by atoms with Crippen LogP contribution in [0.2, 0.25) is 0 Å². The molecule has 8 heteroatoms. The van der Waals surface area contributed by atoms with E-state index in [2.05, 4.69) is 21.2 Å².